The summed E-state index contributed by atoms with van der Waals surface area (Å²) in [6.07, 6.45) is 6.03. The highest BCUT2D eigenvalue weighted by molar-refractivity contribution is 7.91. The van der Waals surface area contributed by atoms with Crippen molar-refractivity contribution in [2.75, 3.05) is 6.54 Å². The quantitative estimate of drug-likeness (QED) is 0.385. The maximum Gasteiger partial charge on any atom is 0.408 e. The molecule has 1 aromatic heterocycles. The molecule has 2 bridgehead atoms. The van der Waals surface area contributed by atoms with Gasteiger partial charge < -0.3 is 25.0 Å². The number of benzene rings is 1. The lowest BCUT2D eigenvalue weighted by Gasteiger charge is -2.36. The summed E-state index contributed by atoms with van der Waals surface area (Å²) in [6, 6.07) is 5.77. The van der Waals surface area contributed by atoms with E-state index in [4.69, 9.17) is 14.5 Å². The number of imidazole rings is 1. The summed E-state index contributed by atoms with van der Waals surface area (Å²) in [5, 5.41) is 5.65. The van der Waals surface area contributed by atoms with Gasteiger partial charge in [-0.15, -0.1) is 0 Å². The van der Waals surface area contributed by atoms with Crippen LogP contribution in [0.25, 0.3) is 11.0 Å². The molecule has 5 atom stereocenters. The number of alkyl carbamates (subject to hydrolysis) is 1. The number of aromatic nitrogens is 2. The van der Waals surface area contributed by atoms with Crippen molar-refractivity contribution >= 4 is 44.9 Å². The number of nitrogens with one attached hydrogen (secondary N) is 3. The van der Waals surface area contributed by atoms with Crippen LogP contribution in [0.1, 0.15) is 99.8 Å². The minimum atomic E-state index is -4.03. The predicted octanol–water partition coefficient (Wildman–Crippen LogP) is 4.33. The molecule has 3 fully saturated rings. The molecule has 0 radical (unpaired) electrons. The first-order valence-corrected chi connectivity index (χ1v) is 20.2. The van der Waals surface area contributed by atoms with Crippen molar-refractivity contribution in [1.29, 1.82) is 0 Å². The molecule has 290 valence electrons. The number of likely N-dealkylation sites (tertiary alicyclic amines) is 1. The van der Waals surface area contributed by atoms with E-state index in [1.807, 2.05) is 47.9 Å². The van der Waals surface area contributed by atoms with Gasteiger partial charge in [0.25, 0.3) is 11.9 Å². The zero-order valence-corrected chi connectivity index (χ0v) is 32.7. The van der Waals surface area contributed by atoms with E-state index in [9.17, 15) is 27.6 Å². The van der Waals surface area contributed by atoms with Gasteiger partial charge in [-0.1, -0.05) is 58.4 Å². The monoisotopic (exact) mass is 754 g/mol. The summed E-state index contributed by atoms with van der Waals surface area (Å²) < 4.78 is 42.7. The molecule has 53 heavy (non-hydrogen) atoms. The number of sulfonamides is 1. The SMILES string of the molecule is CC[C@@H]1C[C@@]12NC(=O)[C@@H]1C[C@H](CN1C(=O)[C@@H](NC(=O)OC(C)(C)C)C(C)(C)C)Oc1nc3ccccc3n1C/C=C/CCCC1(CC1)S(=O)(=O)NC2=O. The normalized spacial score (nSPS) is 28.4. The molecule has 4 aliphatic rings. The Morgan fingerprint density at radius 1 is 1.09 bits per heavy atom. The molecule has 2 aliphatic heterocycles. The van der Waals surface area contributed by atoms with Crippen molar-refractivity contribution in [1.82, 2.24) is 29.8 Å². The van der Waals surface area contributed by atoms with Crippen LogP contribution >= 0.6 is 0 Å². The van der Waals surface area contributed by atoms with Crippen LogP contribution < -0.4 is 20.1 Å². The van der Waals surface area contributed by atoms with Gasteiger partial charge in [0.2, 0.25) is 21.8 Å². The van der Waals surface area contributed by atoms with Gasteiger partial charge in [0.15, 0.2) is 0 Å². The summed E-state index contributed by atoms with van der Waals surface area (Å²) in [5.74, 6) is -2.16. The first kappa shape index (κ1) is 38.6. The lowest BCUT2D eigenvalue weighted by Crippen LogP contribution is -2.60. The van der Waals surface area contributed by atoms with Crippen LogP contribution in [0.5, 0.6) is 6.01 Å². The Morgan fingerprint density at radius 3 is 2.45 bits per heavy atom. The molecule has 2 aromatic rings. The fourth-order valence-electron chi connectivity index (χ4n) is 7.65. The zero-order chi connectivity index (χ0) is 38.6. The molecule has 1 saturated heterocycles. The van der Waals surface area contributed by atoms with Crippen molar-refractivity contribution in [3.8, 4) is 6.01 Å². The fourth-order valence-corrected chi connectivity index (χ4v) is 9.35. The van der Waals surface area contributed by atoms with Crippen molar-refractivity contribution in [2.24, 2.45) is 11.3 Å². The lowest BCUT2D eigenvalue weighted by atomic mass is 9.85. The molecule has 0 unspecified atom stereocenters. The Morgan fingerprint density at radius 2 is 1.81 bits per heavy atom. The molecule has 2 saturated carbocycles. The summed E-state index contributed by atoms with van der Waals surface area (Å²) >= 11 is 0. The van der Waals surface area contributed by atoms with Gasteiger partial charge in [0.1, 0.15) is 29.3 Å². The number of hydrogen-bond acceptors (Lipinski definition) is 9. The van der Waals surface area contributed by atoms with E-state index in [1.165, 1.54) is 4.90 Å². The number of carbonyl (C=O) groups is 4. The van der Waals surface area contributed by atoms with Crippen LogP contribution in [0, 0.1) is 11.3 Å². The maximum absolute atomic E-state index is 14.6. The Hall–Kier alpha value is -4.14. The first-order valence-electron chi connectivity index (χ1n) is 18.7. The first-order chi connectivity index (χ1) is 24.8. The number of hydrogen-bond donors (Lipinski definition) is 3. The Bertz CT molecular complexity index is 1910. The molecule has 6 rings (SSSR count). The molecule has 1 aromatic carbocycles. The molecule has 2 spiro atoms. The largest absolute Gasteiger partial charge is 0.459 e. The third kappa shape index (κ3) is 7.90. The van der Waals surface area contributed by atoms with Gasteiger partial charge >= 0.3 is 6.09 Å². The number of ether oxygens (including phenoxy) is 2. The smallest absolute Gasteiger partial charge is 0.408 e. The number of fused-ring (bicyclic) bond motifs is 5. The van der Waals surface area contributed by atoms with Crippen LogP contribution in [-0.4, -0.2) is 87.3 Å². The molecular formula is C38H54N6O8S. The summed E-state index contributed by atoms with van der Waals surface area (Å²) in [7, 11) is -4.03. The predicted molar refractivity (Wildman–Crippen MR) is 198 cm³/mol. The minimum Gasteiger partial charge on any atom is -0.459 e. The molecular weight excluding hydrogens is 701 g/mol. The van der Waals surface area contributed by atoms with Crippen LogP contribution in [0.15, 0.2) is 36.4 Å². The molecule has 4 amide bonds. The Kier molecular flexibility index (Phi) is 10.1. The van der Waals surface area contributed by atoms with E-state index in [0.29, 0.717) is 51.1 Å². The topological polar surface area (TPSA) is 178 Å². The number of allylic oxidation sites excluding steroid dienone is 2. The third-order valence-electron chi connectivity index (χ3n) is 10.9. The van der Waals surface area contributed by atoms with Crippen molar-refractivity contribution in [2.45, 2.75) is 140 Å². The third-order valence-corrected chi connectivity index (χ3v) is 13.1. The van der Waals surface area contributed by atoms with Gasteiger partial charge in [0.05, 0.1) is 22.3 Å². The van der Waals surface area contributed by atoms with Gasteiger partial charge in [-0.25, -0.2) is 13.2 Å². The van der Waals surface area contributed by atoms with Gasteiger partial charge in [-0.3, -0.25) is 23.7 Å². The maximum atomic E-state index is 14.6. The van der Waals surface area contributed by atoms with E-state index in [0.717, 1.165) is 11.0 Å². The van der Waals surface area contributed by atoms with Crippen LogP contribution in [0.2, 0.25) is 0 Å². The zero-order valence-electron chi connectivity index (χ0n) is 31.9. The molecule has 14 nitrogen and oxygen atoms in total. The van der Waals surface area contributed by atoms with E-state index < -0.39 is 73.3 Å². The van der Waals surface area contributed by atoms with E-state index in [-0.39, 0.29) is 25.3 Å². The van der Waals surface area contributed by atoms with Crippen LogP contribution in [0.3, 0.4) is 0 Å². The van der Waals surface area contributed by atoms with Crippen LogP contribution in [0.4, 0.5) is 4.79 Å². The molecule has 2 aliphatic carbocycles. The van der Waals surface area contributed by atoms with E-state index in [1.54, 1.807) is 41.5 Å². The number of nitrogens with zero attached hydrogens (tertiary/aromatic N) is 3. The second-order valence-electron chi connectivity index (χ2n) is 17.2. The number of rotatable bonds is 3. The molecule has 15 heteroatoms. The lowest BCUT2D eigenvalue weighted by molar-refractivity contribution is -0.143. The van der Waals surface area contributed by atoms with Crippen molar-refractivity contribution in [3.05, 3.63) is 36.4 Å². The molecule has 3 heterocycles. The molecule has 3 N–H and O–H groups in total. The van der Waals surface area contributed by atoms with Gasteiger partial charge in [-0.2, -0.15) is 4.98 Å². The highest BCUT2D eigenvalue weighted by atomic mass is 32.2. The average Bonchev–Trinajstić information content (AvgIpc) is 3.93. The van der Waals surface area contributed by atoms with Gasteiger partial charge in [0, 0.05) is 13.0 Å². The Balaban J connectivity index is 1.37. The van der Waals surface area contributed by atoms with Gasteiger partial charge in [-0.05, 0) is 82.8 Å². The fraction of sp³-hybridized carbons (Fsp3) is 0.658. The highest BCUT2D eigenvalue weighted by Gasteiger charge is 2.63. The number of para-hydroxylation sites is 2. The second kappa shape index (κ2) is 13.9. The average molecular weight is 755 g/mol. The van der Waals surface area contributed by atoms with Crippen molar-refractivity contribution in [3.63, 3.8) is 0 Å². The highest BCUT2D eigenvalue weighted by Crippen LogP contribution is 2.50. The Labute approximate surface area is 311 Å². The summed E-state index contributed by atoms with van der Waals surface area (Å²) in [6.45, 7) is 12.9. The standard InChI is InChI=1S/C38H54N6O8S/c1-8-24-22-38(24)32(47)42-53(49,50)37(18-19-37)17-13-9-10-14-20-43-27-16-12-11-15-26(27)39-33(43)51-25-21-28(30(45)41-38)44(23-25)31(46)29(35(2,3)4)40-34(48)52-36(5,6)7/h10-12,14-16,24-25,28-29H,8-9,13,17-23H2,1-7H3,(H,40,48)(H,41,45)(H,42,47)/b14-10+/t24-,25-,28+,29-,38-/m1/s1. The minimum absolute atomic E-state index is 0.00809. The summed E-state index contributed by atoms with van der Waals surface area (Å²) in [5.41, 5.74) is -1.48. The van der Waals surface area contributed by atoms with E-state index >= 15 is 0 Å². The summed E-state index contributed by atoms with van der Waals surface area (Å²) in [4.78, 5) is 62.1. The van der Waals surface area contributed by atoms with E-state index in [2.05, 4.69) is 15.4 Å². The number of amides is 4. The number of carbonyl (C=O) groups excluding carboxylic acids is 4. The van der Waals surface area contributed by atoms with Crippen molar-refractivity contribution < 1.29 is 37.1 Å². The van der Waals surface area contributed by atoms with Crippen LogP contribution in [-0.2, 0) is 35.7 Å². The second-order valence-corrected chi connectivity index (χ2v) is 19.2.